The SMILES string of the molecule is C=CC/C(CCCCCC)=N/O. The Kier molecular flexibility index (Phi) is 7.76. The molecule has 0 unspecified atom stereocenters. The average Bonchev–Trinajstić information content (AvgIpc) is 2.10. The maximum atomic E-state index is 8.55. The van der Waals surface area contributed by atoms with Gasteiger partial charge in [0.1, 0.15) is 0 Å². The summed E-state index contributed by atoms with van der Waals surface area (Å²) in [6.07, 6.45) is 8.26. The van der Waals surface area contributed by atoms with Crippen LogP contribution in [0.3, 0.4) is 0 Å². The molecule has 0 spiro atoms. The van der Waals surface area contributed by atoms with Gasteiger partial charge in [0.05, 0.1) is 5.71 Å². The van der Waals surface area contributed by atoms with Gasteiger partial charge in [0.25, 0.3) is 0 Å². The molecule has 0 heterocycles. The fourth-order valence-electron chi connectivity index (χ4n) is 1.12. The van der Waals surface area contributed by atoms with Crippen molar-refractivity contribution in [2.45, 2.75) is 45.4 Å². The van der Waals surface area contributed by atoms with Crippen LogP contribution in [0.4, 0.5) is 0 Å². The van der Waals surface area contributed by atoms with Gasteiger partial charge in [-0.25, -0.2) is 0 Å². The van der Waals surface area contributed by atoms with E-state index in [0.717, 1.165) is 18.6 Å². The van der Waals surface area contributed by atoms with Crippen molar-refractivity contribution in [2.24, 2.45) is 5.16 Å². The standard InChI is InChI=1S/C10H19NO/c1-3-5-6-7-9-10(11-12)8-4-2/h4,12H,2-3,5-9H2,1H3/b11-10-. The molecule has 0 aliphatic heterocycles. The van der Waals surface area contributed by atoms with Crippen molar-refractivity contribution in [2.75, 3.05) is 0 Å². The van der Waals surface area contributed by atoms with E-state index in [1.807, 2.05) is 0 Å². The Morgan fingerprint density at radius 1 is 1.42 bits per heavy atom. The molecule has 2 heteroatoms. The number of oxime groups is 1. The average molecular weight is 169 g/mol. The summed E-state index contributed by atoms with van der Waals surface area (Å²) in [6, 6.07) is 0. The minimum absolute atomic E-state index is 0.711. The van der Waals surface area contributed by atoms with Crippen molar-refractivity contribution in [3.63, 3.8) is 0 Å². The van der Waals surface area contributed by atoms with E-state index < -0.39 is 0 Å². The van der Waals surface area contributed by atoms with E-state index in [4.69, 9.17) is 5.21 Å². The Balaban J connectivity index is 3.39. The van der Waals surface area contributed by atoms with Crippen LogP contribution >= 0.6 is 0 Å². The first-order valence-corrected chi connectivity index (χ1v) is 4.65. The van der Waals surface area contributed by atoms with E-state index in [1.54, 1.807) is 6.08 Å². The predicted octanol–water partition coefficient (Wildman–Crippen LogP) is 3.36. The summed E-state index contributed by atoms with van der Waals surface area (Å²) in [5.74, 6) is 0. The molecule has 0 fully saturated rings. The number of nitrogens with zero attached hydrogens (tertiary/aromatic N) is 1. The molecule has 0 atom stereocenters. The predicted molar refractivity (Wildman–Crippen MR) is 52.8 cm³/mol. The molecule has 0 rings (SSSR count). The zero-order valence-corrected chi connectivity index (χ0v) is 7.92. The topological polar surface area (TPSA) is 32.6 Å². The molecule has 12 heavy (non-hydrogen) atoms. The highest BCUT2D eigenvalue weighted by Crippen LogP contribution is 2.05. The second kappa shape index (κ2) is 8.31. The van der Waals surface area contributed by atoms with E-state index in [1.165, 1.54) is 19.3 Å². The van der Waals surface area contributed by atoms with Crippen LogP contribution in [0.15, 0.2) is 17.8 Å². The zero-order chi connectivity index (χ0) is 9.23. The van der Waals surface area contributed by atoms with Crippen molar-refractivity contribution in [1.29, 1.82) is 0 Å². The van der Waals surface area contributed by atoms with Crippen LogP contribution in [0.1, 0.15) is 45.4 Å². The Morgan fingerprint density at radius 3 is 2.67 bits per heavy atom. The lowest BCUT2D eigenvalue weighted by molar-refractivity contribution is 0.316. The van der Waals surface area contributed by atoms with Gasteiger partial charge in [0.2, 0.25) is 0 Å². The van der Waals surface area contributed by atoms with Gasteiger partial charge in [0, 0.05) is 6.42 Å². The Morgan fingerprint density at radius 2 is 2.17 bits per heavy atom. The van der Waals surface area contributed by atoms with E-state index in [0.29, 0.717) is 6.42 Å². The first kappa shape index (κ1) is 11.2. The molecule has 0 saturated carbocycles. The third-order valence-corrected chi connectivity index (χ3v) is 1.84. The highest BCUT2D eigenvalue weighted by Gasteiger charge is 1.96. The maximum absolute atomic E-state index is 8.55. The maximum Gasteiger partial charge on any atom is 0.0608 e. The molecular formula is C10H19NO. The van der Waals surface area contributed by atoms with Gasteiger partial charge in [0.15, 0.2) is 0 Å². The van der Waals surface area contributed by atoms with Gasteiger partial charge < -0.3 is 5.21 Å². The van der Waals surface area contributed by atoms with Crippen molar-refractivity contribution < 1.29 is 5.21 Å². The summed E-state index contributed by atoms with van der Waals surface area (Å²) in [5, 5.41) is 11.8. The Bertz CT molecular complexity index is 141. The molecule has 0 aromatic heterocycles. The summed E-state index contributed by atoms with van der Waals surface area (Å²) >= 11 is 0. The molecule has 1 N–H and O–H groups in total. The minimum atomic E-state index is 0.711. The first-order valence-electron chi connectivity index (χ1n) is 4.65. The zero-order valence-electron chi connectivity index (χ0n) is 7.92. The molecular weight excluding hydrogens is 150 g/mol. The van der Waals surface area contributed by atoms with E-state index in [2.05, 4.69) is 18.7 Å². The Hall–Kier alpha value is -0.790. The summed E-state index contributed by atoms with van der Waals surface area (Å²) in [7, 11) is 0. The lowest BCUT2D eigenvalue weighted by Gasteiger charge is -2.00. The quantitative estimate of drug-likeness (QED) is 0.205. The smallest absolute Gasteiger partial charge is 0.0608 e. The molecule has 2 nitrogen and oxygen atoms in total. The molecule has 0 bridgehead atoms. The number of hydrogen-bond acceptors (Lipinski definition) is 2. The van der Waals surface area contributed by atoms with Crippen LogP contribution in [-0.4, -0.2) is 10.9 Å². The van der Waals surface area contributed by atoms with Crippen molar-refractivity contribution in [3.8, 4) is 0 Å². The summed E-state index contributed by atoms with van der Waals surface area (Å²) in [4.78, 5) is 0. The number of unbranched alkanes of at least 4 members (excludes halogenated alkanes) is 3. The fourth-order valence-corrected chi connectivity index (χ4v) is 1.12. The molecule has 0 amide bonds. The van der Waals surface area contributed by atoms with E-state index in [9.17, 15) is 0 Å². The van der Waals surface area contributed by atoms with Crippen LogP contribution in [-0.2, 0) is 0 Å². The number of rotatable bonds is 7. The Labute approximate surface area is 75.0 Å². The molecule has 0 radical (unpaired) electrons. The largest absolute Gasteiger partial charge is 0.411 e. The van der Waals surface area contributed by atoms with Crippen LogP contribution in [0.25, 0.3) is 0 Å². The van der Waals surface area contributed by atoms with Crippen molar-refractivity contribution in [1.82, 2.24) is 0 Å². The summed E-state index contributed by atoms with van der Waals surface area (Å²) < 4.78 is 0. The van der Waals surface area contributed by atoms with Gasteiger partial charge in [-0.1, -0.05) is 37.4 Å². The molecule has 0 aliphatic carbocycles. The lowest BCUT2D eigenvalue weighted by atomic mass is 10.1. The summed E-state index contributed by atoms with van der Waals surface area (Å²) in [6.45, 7) is 5.79. The van der Waals surface area contributed by atoms with Gasteiger partial charge in [-0.05, 0) is 12.8 Å². The third kappa shape index (κ3) is 5.96. The second-order valence-electron chi connectivity index (χ2n) is 2.97. The first-order chi connectivity index (χ1) is 5.85. The fraction of sp³-hybridized carbons (Fsp3) is 0.700. The molecule has 0 aromatic rings. The van der Waals surface area contributed by atoms with Crippen molar-refractivity contribution >= 4 is 5.71 Å². The van der Waals surface area contributed by atoms with Gasteiger partial charge in [-0.15, -0.1) is 6.58 Å². The third-order valence-electron chi connectivity index (χ3n) is 1.84. The molecule has 0 aromatic carbocycles. The lowest BCUT2D eigenvalue weighted by Crippen LogP contribution is -1.96. The van der Waals surface area contributed by atoms with Crippen molar-refractivity contribution in [3.05, 3.63) is 12.7 Å². The van der Waals surface area contributed by atoms with E-state index >= 15 is 0 Å². The minimum Gasteiger partial charge on any atom is -0.411 e. The molecule has 0 aliphatic rings. The molecule has 70 valence electrons. The van der Waals surface area contributed by atoms with Gasteiger partial charge in [-0.2, -0.15) is 0 Å². The van der Waals surface area contributed by atoms with Crippen LogP contribution in [0.5, 0.6) is 0 Å². The monoisotopic (exact) mass is 169 g/mol. The highest BCUT2D eigenvalue weighted by molar-refractivity contribution is 5.85. The normalized spacial score (nSPS) is 11.6. The van der Waals surface area contributed by atoms with Gasteiger partial charge in [-0.3, -0.25) is 0 Å². The summed E-state index contributed by atoms with van der Waals surface area (Å²) in [5.41, 5.74) is 0.848. The number of hydrogen-bond donors (Lipinski definition) is 1. The van der Waals surface area contributed by atoms with E-state index in [-0.39, 0.29) is 0 Å². The second-order valence-corrected chi connectivity index (χ2v) is 2.97. The highest BCUT2D eigenvalue weighted by atomic mass is 16.4. The van der Waals surface area contributed by atoms with Crippen LogP contribution < -0.4 is 0 Å². The molecule has 0 saturated heterocycles. The van der Waals surface area contributed by atoms with Gasteiger partial charge >= 0.3 is 0 Å². The van der Waals surface area contributed by atoms with Crippen LogP contribution in [0, 0.1) is 0 Å². The number of allylic oxidation sites excluding steroid dienone is 1. The van der Waals surface area contributed by atoms with Crippen LogP contribution in [0.2, 0.25) is 0 Å².